The smallest absolute Gasteiger partial charge is 0.320 e. The number of rotatable bonds is 11. The third kappa shape index (κ3) is 6.88. The Kier molecular flexibility index (Phi) is 9.92. The van der Waals surface area contributed by atoms with E-state index in [-0.39, 0.29) is 43.0 Å². The number of fused-ring (bicyclic) bond motifs is 1. The fourth-order valence-corrected chi connectivity index (χ4v) is 5.65. The monoisotopic (exact) mass is 467 g/mol. The minimum Gasteiger partial charge on any atom is -0.464 e. The molecular formula is C24H41NO6Si. The van der Waals surface area contributed by atoms with E-state index in [0.29, 0.717) is 13.2 Å². The van der Waals surface area contributed by atoms with Crippen LogP contribution in [-0.2, 0) is 28.2 Å². The molecule has 1 saturated carbocycles. The lowest BCUT2D eigenvalue weighted by molar-refractivity contribution is -0.175. The van der Waals surface area contributed by atoms with Gasteiger partial charge >= 0.3 is 5.97 Å². The quantitative estimate of drug-likeness (QED) is 0.144. The second kappa shape index (κ2) is 11.8. The molecule has 7 nitrogen and oxygen atoms in total. The predicted molar refractivity (Wildman–Crippen MR) is 124 cm³/mol. The van der Waals surface area contributed by atoms with Gasteiger partial charge in [-0.15, -0.1) is 0 Å². The van der Waals surface area contributed by atoms with E-state index in [1.807, 2.05) is 6.07 Å². The first-order chi connectivity index (χ1) is 15.1. The number of nitriles is 1. The highest BCUT2D eigenvalue weighted by atomic mass is 28.4. The molecule has 0 heterocycles. The van der Waals surface area contributed by atoms with Crippen molar-refractivity contribution in [2.75, 3.05) is 33.7 Å². The van der Waals surface area contributed by atoms with Gasteiger partial charge in [0.25, 0.3) is 0 Å². The molecule has 2 aliphatic rings. The second-order valence-electron chi connectivity index (χ2n) is 10.4. The van der Waals surface area contributed by atoms with Crippen molar-refractivity contribution in [3.8, 4) is 6.07 Å². The van der Waals surface area contributed by atoms with Crippen molar-refractivity contribution >= 4 is 14.3 Å². The van der Waals surface area contributed by atoms with Gasteiger partial charge in [-0.2, -0.15) is 5.26 Å². The number of hydrogen-bond donors (Lipinski definition) is 0. The predicted octanol–water partition coefficient (Wildman–Crippen LogP) is 4.59. The zero-order valence-corrected chi connectivity index (χ0v) is 21.6. The summed E-state index contributed by atoms with van der Waals surface area (Å²) in [6.07, 6.45) is 7.82. The third-order valence-corrected chi connectivity index (χ3v) is 11.8. The molecule has 0 saturated heterocycles. The van der Waals surface area contributed by atoms with Gasteiger partial charge in [0.1, 0.15) is 19.8 Å². The molecule has 4 atom stereocenters. The van der Waals surface area contributed by atoms with Gasteiger partial charge in [0, 0.05) is 7.11 Å². The molecule has 0 amide bonds. The molecule has 0 unspecified atom stereocenters. The molecule has 2 rings (SSSR count). The Hall–Kier alpha value is -1.24. The summed E-state index contributed by atoms with van der Waals surface area (Å²) in [6, 6.07) is 1.87. The summed E-state index contributed by atoms with van der Waals surface area (Å²) in [6.45, 7) is 12.7. The Balaban J connectivity index is 2.19. The number of esters is 1. The molecule has 0 aromatic carbocycles. The van der Waals surface area contributed by atoms with Crippen LogP contribution in [0.1, 0.15) is 52.9 Å². The van der Waals surface area contributed by atoms with E-state index < -0.39 is 19.7 Å². The molecule has 0 bridgehead atoms. The lowest BCUT2D eigenvalue weighted by Gasteiger charge is -2.51. The van der Waals surface area contributed by atoms with Crippen molar-refractivity contribution in [3.63, 3.8) is 0 Å². The van der Waals surface area contributed by atoms with Crippen molar-refractivity contribution in [1.82, 2.24) is 0 Å². The van der Waals surface area contributed by atoms with Crippen LogP contribution in [0, 0.1) is 22.7 Å². The van der Waals surface area contributed by atoms with E-state index in [1.54, 1.807) is 7.11 Å². The van der Waals surface area contributed by atoms with Crippen LogP contribution in [0.25, 0.3) is 0 Å². The van der Waals surface area contributed by atoms with Crippen molar-refractivity contribution in [3.05, 3.63) is 12.2 Å². The van der Waals surface area contributed by atoms with Gasteiger partial charge in [0.15, 0.2) is 8.32 Å². The van der Waals surface area contributed by atoms with Gasteiger partial charge in [-0.1, -0.05) is 39.3 Å². The topological polar surface area (TPSA) is 87.0 Å². The maximum absolute atomic E-state index is 12.0. The molecule has 0 aliphatic heterocycles. The molecule has 2 aliphatic carbocycles. The SMILES string of the molecule is COCCOCO[C@@H]1CCC[C@@H]2C[C@H](O[Si](C)(C)C(C)(C)C)C=C[C@]21COC(=O)CC#N. The molecule has 32 heavy (non-hydrogen) atoms. The largest absolute Gasteiger partial charge is 0.464 e. The lowest BCUT2D eigenvalue weighted by atomic mass is 9.60. The van der Waals surface area contributed by atoms with E-state index in [0.717, 1.165) is 25.7 Å². The molecule has 182 valence electrons. The van der Waals surface area contributed by atoms with Crippen LogP contribution in [0.2, 0.25) is 18.1 Å². The van der Waals surface area contributed by atoms with E-state index >= 15 is 0 Å². The number of ether oxygens (including phenoxy) is 4. The summed E-state index contributed by atoms with van der Waals surface area (Å²) in [7, 11) is -0.272. The molecule has 1 fully saturated rings. The minimum absolute atomic E-state index is 0.0560. The van der Waals surface area contributed by atoms with Gasteiger partial charge < -0.3 is 23.4 Å². The highest BCUT2D eigenvalue weighted by molar-refractivity contribution is 6.74. The zero-order chi connectivity index (χ0) is 23.8. The summed E-state index contributed by atoms with van der Waals surface area (Å²) in [4.78, 5) is 12.0. The van der Waals surface area contributed by atoms with Crippen LogP contribution in [0.4, 0.5) is 0 Å². The summed E-state index contributed by atoms with van der Waals surface area (Å²) in [5.41, 5.74) is -0.429. The summed E-state index contributed by atoms with van der Waals surface area (Å²) in [5, 5.41) is 8.96. The van der Waals surface area contributed by atoms with Crippen LogP contribution in [0.15, 0.2) is 12.2 Å². The van der Waals surface area contributed by atoms with Gasteiger partial charge in [0.05, 0.1) is 36.9 Å². The first-order valence-corrected chi connectivity index (χ1v) is 14.5. The highest BCUT2D eigenvalue weighted by Gasteiger charge is 2.51. The molecule has 0 aromatic heterocycles. The van der Waals surface area contributed by atoms with Gasteiger partial charge in [0.2, 0.25) is 0 Å². The fraction of sp³-hybridized carbons (Fsp3) is 0.833. The first-order valence-electron chi connectivity index (χ1n) is 11.6. The fourth-order valence-electron chi connectivity index (χ4n) is 4.37. The Morgan fingerprint density at radius 2 is 2.00 bits per heavy atom. The Morgan fingerprint density at radius 1 is 1.25 bits per heavy atom. The van der Waals surface area contributed by atoms with Crippen LogP contribution in [0.5, 0.6) is 0 Å². The van der Waals surface area contributed by atoms with Gasteiger partial charge in [-0.25, -0.2) is 0 Å². The summed E-state index contributed by atoms with van der Waals surface area (Å²) >= 11 is 0. The number of hydrogen-bond acceptors (Lipinski definition) is 7. The van der Waals surface area contributed by atoms with E-state index in [2.05, 4.69) is 46.0 Å². The van der Waals surface area contributed by atoms with Crippen molar-refractivity contribution in [2.24, 2.45) is 11.3 Å². The van der Waals surface area contributed by atoms with Gasteiger partial charge in [-0.05, 0) is 43.3 Å². The summed E-state index contributed by atoms with van der Waals surface area (Å²) in [5.74, 6) is -0.218. The maximum Gasteiger partial charge on any atom is 0.320 e. The van der Waals surface area contributed by atoms with E-state index in [4.69, 9.17) is 28.6 Å². The average molecular weight is 468 g/mol. The first kappa shape index (κ1) is 27.0. The minimum atomic E-state index is -1.91. The Labute approximate surface area is 194 Å². The zero-order valence-electron chi connectivity index (χ0n) is 20.6. The Morgan fingerprint density at radius 3 is 2.66 bits per heavy atom. The van der Waals surface area contributed by atoms with Crippen molar-refractivity contribution < 1.29 is 28.2 Å². The van der Waals surface area contributed by atoms with Crippen LogP contribution in [0.3, 0.4) is 0 Å². The second-order valence-corrected chi connectivity index (χ2v) is 15.2. The third-order valence-electron chi connectivity index (χ3n) is 7.26. The number of nitrogens with zero attached hydrogens (tertiary/aromatic N) is 1. The van der Waals surface area contributed by atoms with Crippen LogP contribution in [-0.4, -0.2) is 60.2 Å². The normalized spacial score (nSPS) is 28.1. The lowest BCUT2D eigenvalue weighted by Crippen LogP contribution is -2.53. The van der Waals surface area contributed by atoms with Gasteiger partial charge in [-0.3, -0.25) is 4.79 Å². The van der Waals surface area contributed by atoms with E-state index in [1.165, 1.54) is 0 Å². The van der Waals surface area contributed by atoms with Crippen molar-refractivity contribution in [1.29, 1.82) is 5.26 Å². The van der Waals surface area contributed by atoms with Crippen LogP contribution < -0.4 is 0 Å². The number of methoxy groups -OCH3 is 1. The maximum atomic E-state index is 12.0. The molecule has 0 N–H and O–H groups in total. The molecular weight excluding hydrogens is 426 g/mol. The molecule has 8 heteroatoms. The average Bonchev–Trinajstić information content (AvgIpc) is 2.71. The standard InChI is InChI=1S/C24H41NO6Si/c1-23(2,3)32(5,6)31-20-10-12-24(17-29-22(26)11-13-25)19(16-20)8-7-9-21(24)30-18-28-15-14-27-4/h10,12,19-21H,7-9,11,14-18H2,1-6H3/t19-,20-,21-,24+/m1/s1. The van der Waals surface area contributed by atoms with Crippen molar-refractivity contribution in [2.45, 2.75) is 83.2 Å². The summed E-state index contributed by atoms with van der Waals surface area (Å²) < 4.78 is 29.0. The molecule has 0 spiro atoms. The molecule has 0 radical (unpaired) electrons. The van der Waals surface area contributed by atoms with E-state index in [9.17, 15) is 4.79 Å². The molecule has 0 aromatic rings. The number of carbonyl (C=O) groups is 1. The van der Waals surface area contributed by atoms with Crippen LogP contribution >= 0.6 is 0 Å². The number of carbonyl (C=O) groups excluding carboxylic acids is 1. The highest BCUT2D eigenvalue weighted by Crippen LogP contribution is 2.50. The Bertz CT molecular complexity index is 683.